The third-order valence-corrected chi connectivity index (χ3v) is 3.68. The molecule has 1 N–H and O–H groups in total. The van der Waals surface area contributed by atoms with E-state index in [0.29, 0.717) is 18.0 Å². The predicted molar refractivity (Wildman–Crippen MR) is 73.4 cm³/mol. The smallest absolute Gasteiger partial charge is 0.316 e. The summed E-state index contributed by atoms with van der Waals surface area (Å²) in [5, 5.41) is 3.36. The lowest BCUT2D eigenvalue weighted by Gasteiger charge is -2.27. The lowest BCUT2D eigenvalue weighted by atomic mass is 9.99. The summed E-state index contributed by atoms with van der Waals surface area (Å²) in [7, 11) is 1.97. The van der Waals surface area contributed by atoms with Gasteiger partial charge in [0.25, 0.3) is 0 Å². The number of piperidine rings is 1. The van der Waals surface area contributed by atoms with Crippen LogP contribution in [-0.4, -0.2) is 31.6 Å². The summed E-state index contributed by atoms with van der Waals surface area (Å²) in [4.78, 5) is 2.10. The van der Waals surface area contributed by atoms with Crippen molar-refractivity contribution in [3.05, 3.63) is 35.4 Å². The Morgan fingerprint density at radius 3 is 2.80 bits per heavy atom. The minimum Gasteiger partial charge on any atom is -0.316 e. The van der Waals surface area contributed by atoms with Crippen LogP contribution in [0, 0.1) is 5.92 Å². The standard InChI is InChI=1S/C15H21F3N2/c1-20(11-13-5-3-7-19-9-13)10-12-4-2-6-14(8-12)15(16,17)18/h2,4,6,8,13,19H,3,5,7,9-11H2,1H3. The second kappa shape index (κ2) is 6.59. The summed E-state index contributed by atoms with van der Waals surface area (Å²) >= 11 is 0. The van der Waals surface area contributed by atoms with E-state index in [-0.39, 0.29) is 0 Å². The van der Waals surface area contributed by atoms with E-state index in [9.17, 15) is 13.2 Å². The molecule has 0 amide bonds. The van der Waals surface area contributed by atoms with Crippen LogP contribution in [0.15, 0.2) is 24.3 Å². The fourth-order valence-corrected chi connectivity index (χ4v) is 2.74. The van der Waals surface area contributed by atoms with Gasteiger partial charge in [0.05, 0.1) is 5.56 Å². The third kappa shape index (κ3) is 4.49. The van der Waals surface area contributed by atoms with Crippen LogP contribution in [0.25, 0.3) is 0 Å². The van der Waals surface area contributed by atoms with Crippen molar-refractivity contribution in [3.63, 3.8) is 0 Å². The molecule has 0 saturated carbocycles. The van der Waals surface area contributed by atoms with Crippen molar-refractivity contribution in [1.29, 1.82) is 0 Å². The molecule has 1 aliphatic rings. The van der Waals surface area contributed by atoms with Crippen LogP contribution in [0.3, 0.4) is 0 Å². The first-order valence-corrected chi connectivity index (χ1v) is 7.00. The van der Waals surface area contributed by atoms with Crippen LogP contribution in [0.1, 0.15) is 24.0 Å². The number of hydrogen-bond donors (Lipinski definition) is 1. The van der Waals surface area contributed by atoms with Crippen LogP contribution in [0.4, 0.5) is 13.2 Å². The zero-order valence-corrected chi connectivity index (χ0v) is 11.7. The molecule has 0 aromatic heterocycles. The van der Waals surface area contributed by atoms with Gasteiger partial charge in [-0.25, -0.2) is 0 Å². The molecule has 0 radical (unpaired) electrons. The van der Waals surface area contributed by atoms with Gasteiger partial charge in [-0.2, -0.15) is 13.2 Å². The Labute approximate surface area is 118 Å². The van der Waals surface area contributed by atoms with E-state index in [1.54, 1.807) is 6.07 Å². The highest BCUT2D eigenvalue weighted by Gasteiger charge is 2.30. The molecular weight excluding hydrogens is 265 g/mol. The number of nitrogens with zero attached hydrogens (tertiary/aromatic N) is 1. The Kier molecular flexibility index (Phi) is 5.05. The highest BCUT2D eigenvalue weighted by molar-refractivity contribution is 5.25. The summed E-state index contributed by atoms with van der Waals surface area (Å²) in [6.45, 7) is 3.56. The molecule has 1 atom stereocenters. The molecule has 0 spiro atoms. The van der Waals surface area contributed by atoms with E-state index in [2.05, 4.69) is 10.2 Å². The topological polar surface area (TPSA) is 15.3 Å². The second-order valence-corrected chi connectivity index (χ2v) is 5.61. The minimum absolute atomic E-state index is 0.556. The highest BCUT2D eigenvalue weighted by atomic mass is 19.4. The molecule has 1 unspecified atom stereocenters. The molecule has 0 aliphatic carbocycles. The summed E-state index contributed by atoms with van der Waals surface area (Å²) in [5.41, 5.74) is 0.147. The summed E-state index contributed by atoms with van der Waals surface area (Å²) < 4.78 is 38.0. The molecule has 1 saturated heterocycles. The van der Waals surface area contributed by atoms with E-state index in [4.69, 9.17) is 0 Å². The first-order valence-electron chi connectivity index (χ1n) is 7.00. The maximum absolute atomic E-state index is 12.7. The quantitative estimate of drug-likeness (QED) is 0.915. The van der Waals surface area contributed by atoms with Gasteiger partial charge in [0.15, 0.2) is 0 Å². The molecule has 20 heavy (non-hydrogen) atoms. The van der Waals surface area contributed by atoms with Gasteiger partial charge in [-0.3, -0.25) is 0 Å². The maximum atomic E-state index is 12.7. The fourth-order valence-electron chi connectivity index (χ4n) is 2.74. The highest BCUT2D eigenvalue weighted by Crippen LogP contribution is 2.29. The molecule has 1 aromatic carbocycles. The van der Waals surface area contributed by atoms with Crippen molar-refractivity contribution in [2.45, 2.75) is 25.6 Å². The molecule has 1 aromatic rings. The van der Waals surface area contributed by atoms with Crippen molar-refractivity contribution in [1.82, 2.24) is 10.2 Å². The van der Waals surface area contributed by atoms with Gasteiger partial charge in [-0.15, -0.1) is 0 Å². The van der Waals surface area contributed by atoms with Crippen LogP contribution < -0.4 is 5.32 Å². The molecule has 1 aliphatic heterocycles. The van der Waals surface area contributed by atoms with Crippen molar-refractivity contribution in [3.8, 4) is 0 Å². The average Bonchev–Trinajstić information content (AvgIpc) is 2.39. The van der Waals surface area contributed by atoms with Gasteiger partial charge in [0.2, 0.25) is 0 Å². The van der Waals surface area contributed by atoms with E-state index >= 15 is 0 Å². The molecule has 2 rings (SSSR count). The van der Waals surface area contributed by atoms with Gasteiger partial charge in [0, 0.05) is 13.1 Å². The van der Waals surface area contributed by atoms with E-state index in [1.807, 2.05) is 7.05 Å². The molecule has 0 bridgehead atoms. The molecule has 112 valence electrons. The summed E-state index contributed by atoms with van der Waals surface area (Å²) in [5.74, 6) is 0.597. The monoisotopic (exact) mass is 286 g/mol. The van der Waals surface area contributed by atoms with Crippen molar-refractivity contribution < 1.29 is 13.2 Å². The molecular formula is C15H21F3N2. The number of nitrogens with one attached hydrogen (secondary N) is 1. The zero-order valence-electron chi connectivity index (χ0n) is 11.7. The van der Waals surface area contributed by atoms with Crippen molar-refractivity contribution >= 4 is 0 Å². The molecule has 1 fully saturated rings. The summed E-state index contributed by atoms with van der Waals surface area (Å²) in [6.07, 6.45) is -1.89. The number of hydrogen-bond acceptors (Lipinski definition) is 2. The first kappa shape index (κ1) is 15.3. The average molecular weight is 286 g/mol. The second-order valence-electron chi connectivity index (χ2n) is 5.61. The molecule has 2 nitrogen and oxygen atoms in total. The number of rotatable bonds is 4. The number of alkyl halides is 3. The lowest BCUT2D eigenvalue weighted by molar-refractivity contribution is -0.137. The van der Waals surface area contributed by atoms with E-state index < -0.39 is 11.7 Å². The normalized spacial score (nSPS) is 20.4. The third-order valence-electron chi connectivity index (χ3n) is 3.68. The Morgan fingerprint density at radius 1 is 1.35 bits per heavy atom. The van der Waals surface area contributed by atoms with Gasteiger partial charge in [-0.05, 0) is 50.5 Å². The minimum atomic E-state index is -4.26. The Hall–Kier alpha value is -1.07. The lowest BCUT2D eigenvalue weighted by Crippen LogP contribution is -2.36. The van der Waals surface area contributed by atoms with Crippen LogP contribution in [0.5, 0.6) is 0 Å². The number of benzene rings is 1. The Morgan fingerprint density at radius 2 is 2.15 bits per heavy atom. The Bertz CT molecular complexity index is 425. The predicted octanol–water partition coefficient (Wildman–Crippen LogP) is 3.14. The van der Waals surface area contributed by atoms with Gasteiger partial charge >= 0.3 is 6.18 Å². The Balaban J connectivity index is 1.92. The largest absolute Gasteiger partial charge is 0.416 e. The van der Waals surface area contributed by atoms with Crippen molar-refractivity contribution in [2.24, 2.45) is 5.92 Å². The zero-order chi connectivity index (χ0) is 14.6. The first-order chi connectivity index (χ1) is 9.45. The van der Waals surface area contributed by atoms with E-state index in [0.717, 1.165) is 25.7 Å². The van der Waals surface area contributed by atoms with Gasteiger partial charge in [-0.1, -0.05) is 18.2 Å². The number of halogens is 3. The van der Waals surface area contributed by atoms with Crippen LogP contribution in [0.2, 0.25) is 0 Å². The fraction of sp³-hybridized carbons (Fsp3) is 0.600. The molecule has 1 heterocycles. The summed E-state index contributed by atoms with van der Waals surface area (Å²) in [6, 6.07) is 5.60. The van der Waals surface area contributed by atoms with Crippen LogP contribution >= 0.6 is 0 Å². The van der Waals surface area contributed by atoms with E-state index in [1.165, 1.54) is 25.0 Å². The SMILES string of the molecule is CN(Cc1cccc(C(F)(F)F)c1)CC1CCCNC1. The molecule has 5 heteroatoms. The van der Waals surface area contributed by atoms with Gasteiger partial charge in [0.1, 0.15) is 0 Å². The van der Waals surface area contributed by atoms with Gasteiger partial charge < -0.3 is 10.2 Å². The van der Waals surface area contributed by atoms with Crippen LogP contribution in [-0.2, 0) is 12.7 Å². The maximum Gasteiger partial charge on any atom is 0.416 e. The van der Waals surface area contributed by atoms with Crippen molar-refractivity contribution in [2.75, 3.05) is 26.7 Å².